The Labute approximate surface area is 686 Å². The van der Waals surface area contributed by atoms with Crippen molar-refractivity contribution in [2.24, 2.45) is 23.3 Å². The Bertz CT molecular complexity index is 4370. The van der Waals surface area contributed by atoms with Gasteiger partial charge >= 0.3 is 5.97 Å². The van der Waals surface area contributed by atoms with Gasteiger partial charge in [0.25, 0.3) is 0 Å². The molecule has 4 atom stereocenters. The second-order valence-electron chi connectivity index (χ2n) is 28.9. The van der Waals surface area contributed by atoms with E-state index in [2.05, 4.69) is 72.6 Å². The number of carbonyl (C=O) groups excluding carboxylic acids is 3. The van der Waals surface area contributed by atoms with Crippen molar-refractivity contribution < 1.29 is 58.0 Å². The SMILES string of the molecule is C.CC(=O)C(C)Cl.CC(=O)C(C)c1ccc(CCS(C)(=O)=O)cc1.CC(C(=O)O)c1ccc(CCS(C)(=O)=O)cc1.CS(=O)(=O)CCc1ccc(Br)cc1.Cc1ccc(CCC(=O)C(C)c2ccc(CCS(C)(=O)=O)cc2)c(N2CCC(C)CC2)n1.Cc1ccc(CN)c(N2CCC(C)CC2)n1.NCc1ccc(Br)cc1. The number of benzene rings is 5. The lowest BCUT2D eigenvalue weighted by atomic mass is 9.92. The fraction of sp³-hybridized carbons (Fsp3) is 0.482. The normalized spacial score (nSPS) is 14.2. The van der Waals surface area contributed by atoms with Gasteiger partial charge in [-0.3, -0.25) is 19.2 Å². The van der Waals surface area contributed by atoms with Crippen LogP contribution in [0.5, 0.6) is 0 Å². The molecule has 5 aromatic carbocycles. The highest BCUT2D eigenvalue weighted by atomic mass is 79.9. The smallest absolute Gasteiger partial charge is 0.310 e. The highest BCUT2D eigenvalue weighted by Crippen LogP contribution is 2.29. The summed E-state index contributed by atoms with van der Waals surface area (Å²) >= 11 is 11.9. The average molecular weight is 1760 g/mol. The molecule has 2 fully saturated rings. The van der Waals surface area contributed by atoms with Gasteiger partial charge in [0, 0.05) is 108 Å². The molecule has 19 nitrogen and oxygen atoms in total. The third kappa shape index (κ3) is 42.4. The lowest BCUT2D eigenvalue weighted by Crippen LogP contribution is -2.34. The predicted octanol–water partition coefficient (Wildman–Crippen LogP) is 15.8. The molecule has 0 amide bonds. The summed E-state index contributed by atoms with van der Waals surface area (Å²) < 4.78 is 90.6. The Balaban J connectivity index is 0.000000463. The number of aromatic nitrogens is 2. The zero-order valence-electron chi connectivity index (χ0n) is 66.5. The standard InChI is InChI=1S/C26H36N2O3S.C13H21N3.C13H18O3S.C12H16O4S.C9H11BrO2S.C7H8BrN.C4H7ClO.CH4/c1-19-13-16-28(17-14-19)26-24(8-5-20(2)27-26)11-12-25(29)21(3)23-9-6-22(7-10-23)15-18-32(4,30)31;1-10-5-7-16(8-6-10)13-12(9-14)4-3-11(2)15-13;1-10(11(2)14)13-6-4-12(5-7-13)8-9-17(3,15)16;1-9(12(13)14)11-5-3-10(4-6-11)7-8-17(2,15)16;1-13(11,12)7-6-8-2-4-9(10)5-3-8;8-7-3-1-6(5-9)2-4-7;1-3(5)4(2)6;/h5-10,19,21H,11-18H2,1-4H3;3-4,10H,5-9,14H2,1-2H3;4-7,10H,8-9H2,1-3H3;3-6,9H,7-8H2,1-2H3,(H,13,14);2-5H,6-7H2,1H3;1-4H,5,9H2;3H,1-2H3;1H4. The van der Waals surface area contributed by atoms with Crippen LogP contribution in [0.25, 0.3) is 0 Å². The van der Waals surface area contributed by atoms with Crippen molar-refractivity contribution in [3.63, 3.8) is 0 Å². The number of nitrogens with zero attached hydrogens (tertiary/aromatic N) is 4. The number of aryl methyl sites for hydroxylation is 7. The van der Waals surface area contributed by atoms with E-state index in [9.17, 15) is 52.8 Å². The van der Waals surface area contributed by atoms with E-state index in [4.69, 9.17) is 33.2 Å². The first-order chi connectivity index (χ1) is 51.4. The quantitative estimate of drug-likeness (QED) is 0.0424. The summed E-state index contributed by atoms with van der Waals surface area (Å²) in [5.41, 5.74) is 23.3. The molecule has 0 aliphatic carbocycles. The van der Waals surface area contributed by atoms with E-state index in [0.29, 0.717) is 51.6 Å². The average Bonchev–Trinajstić information content (AvgIpc) is 0.820. The van der Waals surface area contributed by atoms with Crippen molar-refractivity contribution >= 4 is 118 Å². The molecular weight excluding hydrogens is 1640 g/mol. The molecule has 7 aromatic rings. The van der Waals surface area contributed by atoms with Gasteiger partial charge in [0.15, 0.2) is 0 Å². The summed E-state index contributed by atoms with van der Waals surface area (Å²) in [7, 11) is -11.7. The number of halogens is 3. The van der Waals surface area contributed by atoms with Crippen LogP contribution in [0.2, 0.25) is 0 Å². The number of aliphatic carboxylic acids is 1. The van der Waals surface area contributed by atoms with E-state index in [0.717, 1.165) is 114 Å². The number of carboxylic acids is 1. The molecule has 4 heterocycles. The van der Waals surface area contributed by atoms with Crippen LogP contribution >= 0.6 is 43.5 Å². The van der Waals surface area contributed by atoms with Crippen molar-refractivity contribution in [3.8, 4) is 0 Å². The molecule has 0 spiro atoms. The first-order valence-electron chi connectivity index (χ1n) is 37.1. The summed E-state index contributed by atoms with van der Waals surface area (Å²) in [4.78, 5) is 59.1. The lowest BCUT2D eigenvalue weighted by Gasteiger charge is -2.32. The predicted molar refractivity (Wildman–Crippen MR) is 466 cm³/mol. The van der Waals surface area contributed by atoms with Crippen LogP contribution in [0.15, 0.2) is 155 Å². The summed E-state index contributed by atoms with van der Waals surface area (Å²) in [6.45, 7) is 24.3. The number of rotatable bonds is 26. The van der Waals surface area contributed by atoms with Gasteiger partial charge in [0.2, 0.25) is 0 Å². The number of ketones is 3. The molecular formula is C85H121Br2ClN6O13S4. The Kier molecular flexibility index (Phi) is 45.2. The van der Waals surface area contributed by atoms with E-state index in [-0.39, 0.29) is 65.0 Å². The van der Waals surface area contributed by atoms with Crippen LogP contribution in [0, 0.1) is 25.7 Å². The maximum Gasteiger partial charge on any atom is 0.310 e. The minimum Gasteiger partial charge on any atom is -0.481 e. The molecule has 0 bridgehead atoms. The number of alkyl halides is 1. The number of Topliss-reactive ketones (excluding diaryl/α,β-unsaturated/α-hetero) is 3. The summed E-state index contributed by atoms with van der Waals surface area (Å²) in [5, 5.41) is 8.52. The minimum atomic E-state index is -2.98. The minimum absolute atomic E-state index is 0. The van der Waals surface area contributed by atoms with Crippen molar-refractivity contribution in [3.05, 3.63) is 222 Å². The summed E-state index contributed by atoms with van der Waals surface area (Å²) in [6.07, 6.45) is 13.1. The van der Waals surface area contributed by atoms with E-state index in [1.165, 1.54) is 68.8 Å². The molecule has 614 valence electrons. The maximum absolute atomic E-state index is 12.9. The fourth-order valence-corrected chi connectivity index (χ4v) is 13.9. The van der Waals surface area contributed by atoms with Crippen LogP contribution in [-0.4, -0.2) is 152 Å². The Morgan fingerprint density at radius 3 is 1.03 bits per heavy atom. The van der Waals surface area contributed by atoms with Crippen LogP contribution in [-0.2, 0) is 104 Å². The van der Waals surface area contributed by atoms with Gasteiger partial charge in [-0.25, -0.2) is 43.6 Å². The topological polar surface area (TPSA) is 309 Å². The molecule has 0 saturated carbocycles. The fourth-order valence-electron chi connectivity index (χ4n) is 10.9. The van der Waals surface area contributed by atoms with Crippen LogP contribution in [0.3, 0.4) is 0 Å². The van der Waals surface area contributed by atoms with Crippen molar-refractivity contribution in [2.75, 3.05) is 84.0 Å². The van der Waals surface area contributed by atoms with E-state index >= 15 is 0 Å². The molecule has 9 rings (SSSR count). The number of piperidine rings is 2. The van der Waals surface area contributed by atoms with Gasteiger partial charge in [0.05, 0.1) is 34.3 Å². The molecule has 2 saturated heterocycles. The lowest BCUT2D eigenvalue weighted by molar-refractivity contribution is -0.138. The van der Waals surface area contributed by atoms with Gasteiger partial charge in [-0.05, 0) is 198 Å². The number of sulfone groups is 4. The Morgan fingerprint density at radius 2 is 0.739 bits per heavy atom. The van der Waals surface area contributed by atoms with Gasteiger partial charge in [0.1, 0.15) is 68.3 Å². The number of anilines is 2. The molecule has 2 aliphatic rings. The van der Waals surface area contributed by atoms with Gasteiger partial charge in [-0.2, -0.15) is 0 Å². The highest BCUT2D eigenvalue weighted by Gasteiger charge is 2.23. The number of carbonyl (C=O) groups is 4. The zero-order valence-corrected chi connectivity index (χ0v) is 73.7. The van der Waals surface area contributed by atoms with E-state index in [1.807, 2.05) is 137 Å². The van der Waals surface area contributed by atoms with Gasteiger partial charge in [-0.1, -0.05) is 176 Å². The second-order valence-corrected chi connectivity index (χ2v) is 40.4. The van der Waals surface area contributed by atoms with Gasteiger partial charge < -0.3 is 26.4 Å². The maximum atomic E-state index is 12.9. The third-order valence-electron chi connectivity index (χ3n) is 18.8. The molecule has 111 heavy (non-hydrogen) atoms. The molecule has 2 aliphatic heterocycles. The van der Waals surface area contributed by atoms with Crippen LogP contribution in [0.1, 0.15) is 180 Å². The van der Waals surface area contributed by atoms with Crippen molar-refractivity contribution in [1.82, 2.24) is 9.97 Å². The summed E-state index contributed by atoms with van der Waals surface area (Å²) in [5.74, 6) is 3.08. The van der Waals surface area contributed by atoms with Crippen LogP contribution in [0.4, 0.5) is 11.6 Å². The third-order valence-corrected chi connectivity index (χ3v) is 23.9. The van der Waals surface area contributed by atoms with E-state index < -0.39 is 51.2 Å². The monoisotopic (exact) mass is 1750 g/mol. The zero-order chi connectivity index (χ0) is 82.7. The molecule has 2 aromatic heterocycles. The molecule has 4 unspecified atom stereocenters. The van der Waals surface area contributed by atoms with Crippen molar-refractivity contribution in [2.45, 2.75) is 177 Å². The van der Waals surface area contributed by atoms with Crippen molar-refractivity contribution in [1.29, 1.82) is 0 Å². The second kappa shape index (κ2) is 49.9. The number of nitrogens with two attached hydrogens (primary N) is 2. The number of pyridine rings is 2. The number of carboxylic acid groups (broad SMARTS) is 1. The first kappa shape index (κ1) is 101. The van der Waals surface area contributed by atoms with E-state index in [1.54, 1.807) is 45.0 Å². The highest BCUT2D eigenvalue weighted by molar-refractivity contribution is 9.10. The number of hydrogen-bond donors (Lipinski definition) is 3. The van der Waals surface area contributed by atoms with Crippen LogP contribution < -0.4 is 21.3 Å². The largest absolute Gasteiger partial charge is 0.481 e. The Hall–Kier alpha value is -6.55. The molecule has 5 N–H and O–H groups in total. The summed E-state index contributed by atoms with van der Waals surface area (Å²) in [6, 6.07) is 46.3. The molecule has 26 heteroatoms. The molecule has 0 radical (unpaired) electrons. The first-order valence-corrected chi connectivity index (χ1v) is 47.3. The number of hydrogen-bond acceptors (Lipinski definition) is 18. The van der Waals surface area contributed by atoms with Gasteiger partial charge in [-0.15, -0.1) is 11.6 Å². The Morgan fingerprint density at radius 1 is 0.450 bits per heavy atom.